The van der Waals surface area contributed by atoms with Crippen LogP contribution in [0.25, 0.3) is 0 Å². The van der Waals surface area contributed by atoms with Crippen molar-refractivity contribution in [2.24, 2.45) is 5.73 Å². The summed E-state index contributed by atoms with van der Waals surface area (Å²) in [5, 5.41) is 0. The van der Waals surface area contributed by atoms with E-state index in [1.165, 1.54) is 35.1 Å². The highest BCUT2D eigenvalue weighted by Gasteiger charge is 2.39. The second-order valence-electron chi connectivity index (χ2n) is 6.95. The van der Waals surface area contributed by atoms with Crippen LogP contribution in [0.1, 0.15) is 47.9 Å². The van der Waals surface area contributed by atoms with E-state index >= 15 is 0 Å². The Hall–Kier alpha value is -1.64. The highest BCUT2D eigenvalue weighted by Crippen LogP contribution is 2.37. The minimum absolute atomic E-state index is 0.0828. The number of benzene rings is 2. The standard InChI is InChI=1S/C21H27NO/c1-16-12-17(2)14-18(13-16)15-23-20-10-6-7-11-21(20,22)19-8-4-3-5-9-19/h3-5,8-9,12-14,20H,6-7,10-11,15,22H2,1-2H3. The Morgan fingerprint density at radius 2 is 1.74 bits per heavy atom. The normalized spacial score (nSPS) is 24.6. The number of aryl methyl sites for hydroxylation is 2. The molecular formula is C21H27NO. The molecule has 0 bridgehead atoms. The summed E-state index contributed by atoms with van der Waals surface area (Å²) in [4.78, 5) is 0. The first kappa shape index (κ1) is 16.2. The van der Waals surface area contributed by atoms with Gasteiger partial charge in [-0.1, -0.05) is 72.5 Å². The van der Waals surface area contributed by atoms with Crippen LogP contribution in [0, 0.1) is 13.8 Å². The van der Waals surface area contributed by atoms with Gasteiger partial charge in [0.2, 0.25) is 0 Å². The molecule has 2 unspecified atom stereocenters. The van der Waals surface area contributed by atoms with Crippen molar-refractivity contribution >= 4 is 0 Å². The van der Waals surface area contributed by atoms with Crippen molar-refractivity contribution in [1.29, 1.82) is 0 Å². The first-order valence-electron chi connectivity index (χ1n) is 8.61. The molecule has 0 amide bonds. The molecule has 2 aromatic carbocycles. The summed E-state index contributed by atoms with van der Waals surface area (Å²) < 4.78 is 6.32. The number of ether oxygens (including phenoxy) is 1. The third-order valence-electron chi connectivity index (χ3n) is 4.93. The maximum atomic E-state index is 6.82. The van der Waals surface area contributed by atoms with E-state index in [1.807, 2.05) is 6.07 Å². The highest BCUT2D eigenvalue weighted by molar-refractivity contribution is 5.29. The predicted octanol–water partition coefficient (Wildman–Crippen LogP) is 4.62. The first-order chi connectivity index (χ1) is 11.1. The van der Waals surface area contributed by atoms with Gasteiger partial charge < -0.3 is 10.5 Å². The molecule has 2 heteroatoms. The van der Waals surface area contributed by atoms with Crippen LogP contribution in [-0.2, 0) is 16.9 Å². The van der Waals surface area contributed by atoms with E-state index < -0.39 is 0 Å². The Labute approximate surface area is 139 Å². The largest absolute Gasteiger partial charge is 0.371 e. The van der Waals surface area contributed by atoms with E-state index in [4.69, 9.17) is 10.5 Å². The molecule has 0 saturated heterocycles. The van der Waals surface area contributed by atoms with E-state index in [9.17, 15) is 0 Å². The average molecular weight is 309 g/mol. The Balaban J connectivity index is 1.77. The van der Waals surface area contributed by atoms with E-state index in [0.29, 0.717) is 6.61 Å². The van der Waals surface area contributed by atoms with Gasteiger partial charge in [0.05, 0.1) is 18.2 Å². The zero-order chi connectivity index (χ0) is 16.3. The van der Waals surface area contributed by atoms with Crippen LogP contribution >= 0.6 is 0 Å². The van der Waals surface area contributed by atoms with Crippen LogP contribution in [0.4, 0.5) is 0 Å². The number of hydrogen-bond donors (Lipinski definition) is 1. The molecule has 122 valence electrons. The molecule has 2 nitrogen and oxygen atoms in total. The summed E-state index contributed by atoms with van der Waals surface area (Å²) in [5.41, 5.74) is 11.5. The first-order valence-corrected chi connectivity index (χ1v) is 8.61. The molecule has 0 spiro atoms. The van der Waals surface area contributed by atoms with Crippen LogP contribution in [0.3, 0.4) is 0 Å². The van der Waals surface area contributed by atoms with Gasteiger partial charge in [-0.2, -0.15) is 0 Å². The van der Waals surface area contributed by atoms with Crippen molar-refractivity contribution < 1.29 is 4.74 Å². The molecular weight excluding hydrogens is 282 g/mol. The molecule has 0 radical (unpaired) electrons. The minimum Gasteiger partial charge on any atom is -0.371 e. The molecule has 2 atom stereocenters. The van der Waals surface area contributed by atoms with Gasteiger partial charge in [0.1, 0.15) is 0 Å². The van der Waals surface area contributed by atoms with Crippen LogP contribution in [0.5, 0.6) is 0 Å². The van der Waals surface area contributed by atoms with Crippen molar-refractivity contribution in [1.82, 2.24) is 0 Å². The Bertz CT molecular complexity index is 632. The van der Waals surface area contributed by atoms with Crippen molar-refractivity contribution in [3.8, 4) is 0 Å². The summed E-state index contributed by atoms with van der Waals surface area (Å²) >= 11 is 0. The quantitative estimate of drug-likeness (QED) is 0.894. The molecule has 2 aromatic rings. The van der Waals surface area contributed by atoms with Crippen LogP contribution in [0.15, 0.2) is 48.5 Å². The lowest BCUT2D eigenvalue weighted by Gasteiger charge is -2.41. The lowest BCUT2D eigenvalue weighted by molar-refractivity contribution is -0.0373. The highest BCUT2D eigenvalue weighted by atomic mass is 16.5. The minimum atomic E-state index is -0.363. The lowest BCUT2D eigenvalue weighted by Crippen LogP contribution is -2.51. The van der Waals surface area contributed by atoms with Gasteiger partial charge in [-0.15, -0.1) is 0 Å². The van der Waals surface area contributed by atoms with Crippen LogP contribution < -0.4 is 5.73 Å². The fourth-order valence-corrected chi connectivity index (χ4v) is 3.83. The summed E-state index contributed by atoms with van der Waals surface area (Å²) in [6, 6.07) is 17.1. The molecule has 0 heterocycles. The van der Waals surface area contributed by atoms with Gasteiger partial charge >= 0.3 is 0 Å². The SMILES string of the molecule is Cc1cc(C)cc(COC2CCCCC2(N)c2ccccc2)c1. The number of rotatable bonds is 4. The van der Waals surface area contributed by atoms with Gasteiger partial charge in [0.15, 0.2) is 0 Å². The van der Waals surface area contributed by atoms with Gasteiger partial charge in [-0.25, -0.2) is 0 Å². The lowest BCUT2D eigenvalue weighted by atomic mass is 9.75. The van der Waals surface area contributed by atoms with E-state index in [2.05, 4.69) is 56.3 Å². The zero-order valence-electron chi connectivity index (χ0n) is 14.2. The molecule has 0 aromatic heterocycles. The summed E-state index contributed by atoms with van der Waals surface area (Å²) in [6.07, 6.45) is 4.49. The van der Waals surface area contributed by atoms with E-state index in [0.717, 1.165) is 12.8 Å². The molecule has 1 saturated carbocycles. The third-order valence-corrected chi connectivity index (χ3v) is 4.93. The molecule has 1 aliphatic rings. The summed E-state index contributed by atoms with van der Waals surface area (Å²) in [6.45, 7) is 4.90. The summed E-state index contributed by atoms with van der Waals surface area (Å²) in [5.74, 6) is 0. The van der Waals surface area contributed by atoms with Crippen LogP contribution in [-0.4, -0.2) is 6.10 Å². The molecule has 23 heavy (non-hydrogen) atoms. The summed E-state index contributed by atoms with van der Waals surface area (Å²) in [7, 11) is 0. The van der Waals surface area contributed by atoms with Crippen molar-refractivity contribution in [2.45, 2.75) is 57.8 Å². The van der Waals surface area contributed by atoms with Gasteiger partial charge in [0, 0.05) is 0 Å². The fourth-order valence-electron chi connectivity index (χ4n) is 3.83. The zero-order valence-corrected chi connectivity index (χ0v) is 14.2. The van der Waals surface area contributed by atoms with Crippen molar-refractivity contribution in [2.75, 3.05) is 0 Å². The van der Waals surface area contributed by atoms with Gasteiger partial charge in [-0.3, -0.25) is 0 Å². The van der Waals surface area contributed by atoms with Gasteiger partial charge in [0.25, 0.3) is 0 Å². The smallest absolute Gasteiger partial charge is 0.0800 e. The molecule has 1 fully saturated rings. The number of nitrogens with two attached hydrogens (primary N) is 1. The third kappa shape index (κ3) is 3.65. The Morgan fingerprint density at radius 1 is 1.04 bits per heavy atom. The molecule has 0 aliphatic heterocycles. The van der Waals surface area contributed by atoms with E-state index in [-0.39, 0.29) is 11.6 Å². The van der Waals surface area contributed by atoms with Gasteiger partial charge in [-0.05, 0) is 37.8 Å². The monoisotopic (exact) mass is 309 g/mol. The second-order valence-corrected chi connectivity index (χ2v) is 6.95. The molecule has 3 rings (SSSR count). The Morgan fingerprint density at radius 3 is 2.43 bits per heavy atom. The maximum Gasteiger partial charge on any atom is 0.0800 e. The van der Waals surface area contributed by atoms with E-state index in [1.54, 1.807) is 0 Å². The van der Waals surface area contributed by atoms with Crippen LogP contribution in [0.2, 0.25) is 0 Å². The number of hydrogen-bond acceptors (Lipinski definition) is 2. The fraction of sp³-hybridized carbons (Fsp3) is 0.429. The topological polar surface area (TPSA) is 35.2 Å². The maximum absolute atomic E-state index is 6.82. The second kappa shape index (κ2) is 6.86. The predicted molar refractivity (Wildman–Crippen MR) is 95.3 cm³/mol. The molecule has 2 N–H and O–H groups in total. The Kier molecular flexibility index (Phi) is 4.84. The average Bonchev–Trinajstić information content (AvgIpc) is 2.54. The molecule has 1 aliphatic carbocycles. The van der Waals surface area contributed by atoms with Crippen molar-refractivity contribution in [3.05, 3.63) is 70.8 Å². The van der Waals surface area contributed by atoms with Crippen molar-refractivity contribution in [3.63, 3.8) is 0 Å².